The molecule has 6 nitrogen and oxygen atoms in total. The second kappa shape index (κ2) is 9.40. The van der Waals surface area contributed by atoms with E-state index in [1.807, 2.05) is 58.0 Å². The average Bonchev–Trinajstić information content (AvgIpc) is 3.56. The molecule has 4 heterocycles. The van der Waals surface area contributed by atoms with Crippen molar-refractivity contribution in [3.63, 3.8) is 0 Å². The first kappa shape index (κ1) is 22.7. The van der Waals surface area contributed by atoms with Gasteiger partial charge in [0.2, 0.25) is 5.91 Å². The van der Waals surface area contributed by atoms with E-state index in [0.29, 0.717) is 18.0 Å². The molecule has 0 radical (unpaired) electrons. The predicted molar refractivity (Wildman–Crippen MR) is 137 cm³/mol. The van der Waals surface area contributed by atoms with Crippen LogP contribution in [0.15, 0.2) is 47.3 Å². The van der Waals surface area contributed by atoms with E-state index in [2.05, 4.69) is 11.0 Å². The first-order valence-electron chi connectivity index (χ1n) is 13.3. The van der Waals surface area contributed by atoms with Gasteiger partial charge in [-0.3, -0.25) is 14.5 Å². The minimum Gasteiger partial charge on any atom is -0.396 e. The van der Waals surface area contributed by atoms with Gasteiger partial charge in [-0.1, -0.05) is 36.4 Å². The summed E-state index contributed by atoms with van der Waals surface area (Å²) in [7, 11) is 0. The van der Waals surface area contributed by atoms with Gasteiger partial charge in [0.1, 0.15) is 0 Å². The molecule has 6 rings (SSSR count). The van der Waals surface area contributed by atoms with Crippen LogP contribution >= 0.6 is 0 Å². The number of carbonyl (C=O) groups excluding carboxylic acids is 1. The summed E-state index contributed by atoms with van der Waals surface area (Å²) in [6.07, 6.45) is 9.60. The van der Waals surface area contributed by atoms with Gasteiger partial charge < -0.3 is 14.6 Å². The molecule has 0 spiro atoms. The van der Waals surface area contributed by atoms with Crippen LogP contribution in [0, 0.1) is 17.8 Å². The summed E-state index contributed by atoms with van der Waals surface area (Å²) in [5.74, 6) is 0.753. The highest BCUT2D eigenvalue weighted by Gasteiger charge is 2.56. The van der Waals surface area contributed by atoms with E-state index in [9.17, 15) is 14.7 Å². The van der Waals surface area contributed by atoms with E-state index in [0.717, 1.165) is 43.7 Å². The SMILES string of the molecule is O=C([C@H]1[C@H](CO)[C@H]2Cn3c(ccc(/C=C/c4ccccc4)c3=O)[C@H]2N1CC1CC1)N1CCCCC1. The Kier molecular flexibility index (Phi) is 6.11. The summed E-state index contributed by atoms with van der Waals surface area (Å²) in [6, 6.07) is 13.7. The Labute approximate surface area is 206 Å². The number of nitrogens with zero attached hydrogens (tertiary/aromatic N) is 3. The fraction of sp³-hybridized carbons (Fsp3) is 0.517. The molecule has 3 aliphatic heterocycles. The second-order valence-electron chi connectivity index (χ2n) is 10.8. The minimum atomic E-state index is -0.282. The number of carbonyl (C=O) groups is 1. The van der Waals surface area contributed by atoms with E-state index in [1.165, 1.54) is 19.3 Å². The van der Waals surface area contributed by atoms with E-state index < -0.39 is 0 Å². The molecule has 1 aliphatic carbocycles. The van der Waals surface area contributed by atoms with Gasteiger partial charge in [0.15, 0.2) is 0 Å². The third-order valence-corrected chi connectivity index (χ3v) is 8.56. The lowest BCUT2D eigenvalue weighted by Gasteiger charge is -2.36. The van der Waals surface area contributed by atoms with Crippen molar-refractivity contribution in [2.75, 3.05) is 26.2 Å². The highest BCUT2D eigenvalue weighted by Crippen LogP contribution is 2.51. The van der Waals surface area contributed by atoms with Gasteiger partial charge in [-0.05, 0) is 61.8 Å². The van der Waals surface area contributed by atoms with Gasteiger partial charge in [-0.15, -0.1) is 0 Å². The fourth-order valence-electron chi connectivity index (χ4n) is 6.59. The maximum Gasteiger partial charge on any atom is 0.258 e. The Morgan fingerprint density at radius 1 is 1.00 bits per heavy atom. The van der Waals surface area contributed by atoms with Crippen LogP contribution in [0.1, 0.15) is 55.0 Å². The van der Waals surface area contributed by atoms with Crippen molar-refractivity contribution in [1.29, 1.82) is 0 Å². The highest BCUT2D eigenvalue weighted by molar-refractivity contribution is 5.83. The maximum absolute atomic E-state index is 13.8. The Hall–Kier alpha value is -2.70. The topological polar surface area (TPSA) is 65.8 Å². The molecule has 1 amide bonds. The third-order valence-electron chi connectivity index (χ3n) is 8.56. The molecule has 2 aromatic rings. The van der Waals surface area contributed by atoms with Gasteiger partial charge in [-0.25, -0.2) is 0 Å². The summed E-state index contributed by atoms with van der Waals surface area (Å²) in [4.78, 5) is 31.6. The molecule has 1 aromatic heterocycles. The molecule has 4 atom stereocenters. The normalized spacial score (nSPS) is 28.4. The van der Waals surface area contributed by atoms with Crippen LogP contribution in [0.2, 0.25) is 0 Å². The summed E-state index contributed by atoms with van der Waals surface area (Å²) in [5, 5.41) is 10.5. The lowest BCUT2D eigenvalue weighted by Crippen LogP contribution is -2.51. The van der Waals surface area contributed by atoms with Crippen LogP contribution in [0.4, 0.5) is 0 Å². The van der Waals surface area contributed by atoms with E-state index in [-0.39, 0.29) is 42.0 Å². The van der Waals surface area contributed by atoms with Crippen LogP contribution in [-0.2, 0) is 11.3 Å². The molecule has 2 saturated heterocycles. The van der Waals surface area contributed by atoms with E-state index >= 15 is 0 Å². The van der Waals surface area contributed by atoms with Crippen molar-refractivity contribution in [3.05, 3.63) is 69.6 Å². The zero-order chi connectivity index (χ0) is 23.9. The van der Waals surface area contributed by atoms with Crippen LogP contribution in [0.5, 0.6) is 0 Å². The Morgan fingerprint density at radius 3 is 2.49 bits per heavy atom. The molecular formula is C29H35N3O3. The number of hydrogen-bond donors (Lipinski definition) is 1. The first-order valence-corrected chi connectivity index (χ1v) is 13.3. The number of benzene rings is 1. The summed E-state index contributed by atoms with van der Waals surface area (Å²) in [6.45, 7) is 3.09. The number of fused-ring (bicyclic) bond motifs is 3. The number of pyridine rings is 1. The number of amides is 1. The molecule has 6 heteroatoms. The van der Waals surface area contributed by atoms with Gasteiger partial charge >= 0.3 is 0 Å². The van der Waals surface area contributed by atoms with Crippen LogP contribution in [-0.4, -0.2) is 57.7 Å². The Balaban J connectivity index is 1.33. The average molecular weight is 474 g/mol. The number of piperidine rings is 1. The highest BCUT2D eigenvalue weighted by atomic mass is 16.3. The smallest absolute Gasteiger partial charge is 0.258 e. The third kappa shape index (κ3) is 4.17. The molecule has 4 aliphatic rings. The van der Waals surface area contributed by atoms with Crippen LogP contribution < -0.4 is 5.56 Å². The lowest BCUT2D eigenvalue weighted by molar-refractivity contribution is -0.139. The van der Waals surface area contributed by atoms with Crippen molar-refractivity contribution >= 4 is 18.1 Å². The second-order valence-corrected chi connectivity index (χ2v) is 10.8. The Bertz CT molecular complexity index is 1160. The molecule has 3 fully saturated rings. The van der Waals surface area contributed by atoms with Crippen LogP contribution in [0.3, 0.4) is 0 Å². The number of likely N-dealkylation sites (tertiary alicyclic amines) is 2. The minimum absolute atomic E-state index is 0.0178. The van der Waals surface area contributed by atoms with Crippen molar-refractivity contribution < 1.29 is 9.90 Å². The van der Waals surface area contributed by atoms with Gasteiger partial charge in [0, 0.05) is 55.9 Å². The van der Waals surface area contributed by atoms with E-state index in [4.69, 9.17) is 0 Å². The number of hydrogen-bond acceptors (Lipinski definition) is 4. The molecule has 1 N–H and O–H groups in total. The number of rotatable bonds is 6. The summed E-state index contributed by atoms with van der Waals surface area (Å²) in [5.41, 5.74) is 2.76. The van der Waals surface area contributed by atoms with Gasteiger partial charge in [0.25, 0.3) is 5.56 Å². The van der Waals surface area contributed by atoms with Crippen molar-refractivity contribution in [3.8, 4) is 0 Å². The van der Waals surface area contributed by atoms with E-state index in [1.54, 1.807) is 0 Å². The first-order chi connectivity index (χ1) is 17.2. The molecular weight excluding hydrogens is 438 g/mol. The van der Waals surface area contributed by atoms with Gasteiger partial charge in [-0.2, -0.15) is 0 Å². The fourth-order valence-corrected chi connectivity index (χ4v) is 6.59. The number of aromatic nitrogens is 1. The summed E-state index contributed by atoms with van der Waals surface area (Å²) >= 11 is 0. The number of aliphatic hydroxyl groups is 1. The summed E-state index contributed by atoms with van der Waals surface area (Å²) < 4.78 is 1.91. The Morgan fingerprint density at radius 2 is 1.77 bits per heavy atom. The maximum atomic E-state index is 13.8. The van der Waals surface area contributed by atoms with Crippen molar-refractivity contribution in [2.24, 2.45) is 17.8 Å². The lowest BCUT2D eigenvalue weighted by atomic mass is 9.88. The molecule has 1 saturated carbocycles. The quantitative estimate of drug-likeness (QED) is 0.698. The molecule has 184 valence electrons. The molecule has 1 aromatic carbocycles. The molecule has 0 unspecified atom stereocenters. The van der Waals surface area contributed by atoms with Crippen LogP contribution in [0.25, 0.3) is 12.2 Å². The monoisotopic (exact) mass is 473 g/mol. The largest absolute Gasteiger partial charge is 0.396 e. The van der Waals surface area contributed by atoms with Gasteiger partial charge in [0.05, 0.1) is 12.1 Å². The zero-order valence-electron chi connectivity index (χ0n) is 20.3. The standard InChI is InChI=1S/C29H35N3O3/c33-19-24-23-18-31-25(14-13-22(28(31)34)12-11-20-7-3-1-4-8-20)26(23)32(17-21-9-10-21)27(24)29(35)30-15-5-2-6-16-30/h1,3-4,7-8,11-14,21,23-24,26-27,33H,2,5-6,9-10,15-19H2/b12-11+/t23-,24-,26+,27-/m1/s1. The van der Waals surface area contributed by atoms with Crippen molar-refractivity contribution in [2.45, 2.75) is 50.7 Å². The molecule has 0 bridgehead atoms. The predicted octanol–water partition coefficient (Wildman–Crippen LogP) is 3.40. The zero-order valence-corrected chi connectivity index (χ0v) is 20.3. The van der Waals surface area contributed by atoms with Crippen molar-refractivity contribution in [1.82, 2.24) is 14.4 Å². The number of aliphatic hydroxyl groups excluding tert-OH is 1. The molecule has 35 heavy (non-hydrogen) atoms.